The minimum atomic E-state index is -0.216. The second-order valence-corrected chi connectivity index (χ2v) is 6.42. The molecule has 1 unspecified atom stereocenters. The fraction of sp³-hybridized carbons (Fsp3) is 0.286. The Kier molecular flexibility index (Phi) is 3.86. The van der Waals surface area contributed by atoms with Gasteiger partial charge in [-0.3, -0.25) is 4.68 Å². The van der Waals surface area contributed by atoms with Gasteiger partial charge in [0.05, 0.1) is 39.2 Å². The molecule has 21 heavy (non-hydrogen) atoms. The van der Waals surface area contributed by atoms with Gasteiger partial charge in [-0.1, -0.05) is 23.2 Å². The van der Waals surface area contributed by atoms with E-state index in [1.807, 2.05) is 37.0 Å². The van der Waals surface area contributed by atoms with E-state index in [0.717, 1.165) is 22.4 Å². The van der Waals surface area contributed by atoms with E-state index < -0.39 is 0 Å². The first-order valence-corrected chi connectivity index (χ1v) is 7.61. The van der Waals surface area contributed by atoms with Gasteiger partial charge in [0.15, 0.2) is 0 Å². The Balaban J connectivity index is 2.17. The van der Waals surface area contributed by atoms with Crippen LogP contribution in [0.15, 0.2) is 24.5 Å². The lowest BCUT2D eigenvalue weighted by Gasteiger charge is -2.09. The van der Waals surface area contributed by atoms with Gasteiger partial charge in [0.2, 0.25) is 0 Å². The first-order valence-electron chi connectivity index (χ1n) is 6.42. The van der Waals surface area contributed by atoms with Crippen molar-refractivity contribution in [3.63, 3.8) is 0 Å². The van der Waals surface area contributed by atoms with E-state index >= 15 is 0 Å². The van der Waals surface area contributed by atoms with Gasteiger partial charge in [-0.05, 0) is 19.1 Å². The van der Waals surface area contributed by atoms with Crippen LogP contribution in [-0.2, 0) is 13.6 Å². The molecule has 1 aromatic carbocycles. The molecule has 0 saturated heterocycles. The van der Waals surface area contributed by atoms with Crippen LogP contribution in [0.1, 0.15) is 23.7 Å². The van der Waals surface area contributed by atoms with E-state index in [1.165, 1.54) is 0 Å². The van der Waals surface area contributed by atoms with Gasteiger partial charge in [-0.15, -0.1) is 11.6 Å². The highest BCUT2D eigenvalue weighted by Crippen LogP contribution is 2.31. The molecule has 0 aliphatic heterocycles. The van der Waals surface area contributed by atoms with Crippen molar-refractivity contribution in [2.45, 2.75) is 18.8 Å². The second kappa shape index (κ2) is 5.52. The first-order chi connectivity index (χ1) is 9.95. The zero-order valence-electron chi connectivity index (χ0n) is 11.5. The number of benzene rings is 1. The third-order valence-electron chi connectivity index (χ3n) is 3.27. The highest BCUT2D eigenvalue weighted by Gasteiger charge is 2.17. The minimum absolute atomic E-state index is 0.216. The Morgan fingerprint density at radius 3 is 2.57 bits per heavy atom. The average molecular weight is 344 g/mol. The lowest BCUT2D eigenvalue weighted by atomic mass is 10.3. The number of fused-ring (bicyclic) bond motifs is 1. The first kappa shape index (κ1) is 14.7. The van der Waals surface area contributed by atoms with Crippen LogP contribution in [0.5, 0.6) is 0 Å². The van der Waals surface area contributed by atoms with Crippen LogP contribution in [0.2, 0.25) is 10.0 Å². The van der Waals surface area contributed by atoms with Crippen molar-refractivity contribution in [1.82, 2.24) is 19.3 Å². The highest BCUT2D eigenvalue weighted by atomic mass is 35.5. The van der Waals surface area contributed by atoms with Gasteiger partial charge in [0.1, 0.15) is 5.82 Å². The number of rotatable bonds is 3. The summed E-state index contributed by atoms with van der Waals surface area (Å²) in [7, 11) is 1.89. The molecular weight excluding hydrogens is 331 g/mol. The Morgan fingerprint density at radius 1 is 1.24 bits per heavy atom. The monoisotopic (exact) mass is 342 g/mol. The summed E-state index contributed by atoms with van der Waals surface area (Å²) < 4.78 is 3.81. The third kappa shape index (κ3) is 2.76. The van der Waals surface area contributed by atoms with Gasteiger partial charge in [0.25, 0.3) is 0 Å². The van der Waals surface area contributed by atoms with Gasteiger partial charge < -0.3 is 4.57 Å². The quantitative estimate of drug-likeness (QED) is 0.660. The number of hydrogen-bond donors (Lipinski definition) is 0. The molecule has 110 valence electrons. The van der Waals surface area contributed by atoms with E-state index in [9.17, 15) is 0 Å². The summed E-state index contributed by atoms with van der Waals surface area (Å²) in [4.78, 5) is 4.58. The van der Waals surface area contributed by atoms with Crippen molar-refractivity contribution < 1.29 is 0 Å². The summed E-state index contributed by atoms with van der Waals surface area (Å²) in [5.41, 5.74) is 2.77. The largest absolute Gasteiger partial charge is 0.322 e. The summed E-state index contributed by atoms with van der Waals surface area (Å²) in [5.74, 6) is 0.786. The number of nitrogens with zero attached hydrogens (tertiary/aromatic N) is 4. The van der Waals surface area contributed by atoms with Crippen molar-refractivity contribution in [1.29, 1.82) is 0 Å². The van der Waals surface area contributed by atoms with Crippen LogP contribution in [-0.4, -0.2) is 19.3 Å². The zero-order valence-corrected chi connectivity index (χ0v) is 13.8. The molecular formula is C14H13Cl3N4. The van der Waals surface area contributed by atoms with Crippen LogP contribution >= 0.6 is 34.8 Å². The predicted molar refractivity (Wildman–Crippen MR) is 86.3 cm³/mol. The molecule has 0 spiro atoms. The van der Waals surface area contributed by atoms with E-state index in [2.05, 4.69) is 10.1 Å². The van der Waals surface area contributed by atoms with Crippen molar-refractivity contribution >= 4 is 45.8 Å². The molecule has 4 nitrogen and oxygen atoms in total. The van der Waals surface area contributed by atoms with Crippen molar-refractivity contribution in [2.24, 2.45) is 7.05 Å². The van der Waals surface area contributed by atoms with Crippen LogP contribution < -0.4 is 0 Å². The zero-order chi connectivity index (χ0) is 15.1. The molecule has 0 aliphatic carbocycles. The lowest BCUT2D eigenvalue weighted by molar-refractivity contribution is 0.738. The molecule has 0 fully saturated rings. The van der Waals surface area contributed by atoms with Crippen molar-refractivity contribution in [3.05, 3.63) is 46.0 Å². The predicted octanol–water partition coefficient (Wildman–Crippen LogP) is 4.42. The summed E-state index contributed by atoms with van der Waals surface area (Å²) >= 11 is 18.5. The number of imidazole rings is 1. The van der Waals surface area contributed by atoms with E-state index in [4.69, 9.17) is 34.8 Å². The Labute approximate surface area is 137 Å². The SMILES string of the molecule is CC(Cl)c1nc2cc(Cl)c(Cl)cc2n1Cc1cnn(C)c1. The van der Waals surface area contributed by atoms with Crippen LogP contribution in [0.25, 0.3) is 11.0 Å². The Bertz CT molecular complexity index is 804. The molecule has 0 N–H and O–H groups in total. The third-order valence-corrected chi connectivity index (χ3v) is 4.19. The van der Waals surface area contributed by atoms with Gasteiger partial charge >= 0.3 is 0 Å². The summed E-state index contributed by atoms with van der Waals surface area (Å²) in [6, 6.07) is 3.59. The van der Waals surface area contributed by atoms with Crippen LogP contribution in [0, 0.1) is 0 Å². The second-order valence-electron chi connectivity index (χ2n) is 4.95. The average Bonchev–Trinajstić information content (AvgIpc) is 2.96. The van der Waals surface area contributed by atoms with E-state index in [-0.39, 0.29) is 5.38 Å². The smallest absolute Gasteiger partial charge is 0.128 e. The molecule has 2 heterocycles. The lowest BCUT2D eigenvalue weighted by Crippen LogP contribution is -2.05. The molecule has 0 bridgehead atoms. The summed E-state index contributed by atoms with van der Waals surface area (Å²) in [6.45, 7) is 2.53. The molecule has 0 aliphatic rings. The van der Waals surface area contributed by atoms with Crippen LogP contribution in [0.4, 0.5) is 0 Å². The Morgan fingerprint density at radius 2 is 1.95 bits per heavy atom. The molecule has 2 aromatic heterocycles. The standard InChI is InChI=1S/C14H13Cl3N4/c1-8(15)14-19-12-3-10(16)11(17)4-13(12)21(14)7-9-5-18-20(2)6-9/h3-6,8H,7H2,1-2H3. The van der Waals surface area contributed by atoms with Gasteiger partial charge in [0, 0.05) is 18.8 Å². The topological polar surface area (TPSA) is 35.6 Å². The van der Waals surface area contributed by atoms with E-state index in [1.54, 1.807) is 10.7 Å². The molecule has 0 radical (unpaired) electrons. The van der Waals surface area contributed by atoms with Crippen molar-refractivity contribution in [3.8, 4) is 0 Å². The molecule has 3 rings (SSSR count). The maximum atomic E-state index is 6.26. The van der Waals surface area contributed by atoms with Crippen molar-refractivity contribution in [2.75, 3.05) is 0 Å². The highest BCUT2D eigenvalue weighted by molar-refractivity contribution is 6.42. The summed E-state index contributed by atoms with van der Waals surface area (Å²) in [5, 5.41) is 4.96. The van der Waals surface area contributed by atoms with E-state index in [0.29, 0.717) is 16.6 Å². The number of alkyl halides is 1. The molecule has 0 saturated carbocycles. The fourth-order valence-corrected chi connectivity index (χ4v) is 2.83. The molecule has 1 atom stereocenters. The summed E-state index contributed by atoms with van der Waals surface area (Å²) in [6.07, 6.45) is 3.79. The minimum Gasteiger partial charge on any atom is -0.322 e. The van der Waals surface area contributed by atoms with Gasteiger partial charge in [-0.25, -0.2) is 4.98 Å². The van der Waals surface area contributed by atoms with Crippen LogP contribution in [0.3, 0.4) is 0 Å². The molecule has 0 amide bonds. The number of hydrogen-bond acceptors (Lipinski definition) is 2. The normalized spacial score (nSPS) is 13.0. The fourth-order valence-electron chi connectivity index (χ4n) is 2.34. The Hall–Kier alpha value is -1.23. The number of aromatic nitrogens is 4. The number of aryl methyl sites for hydroxylation is 1. The number of halogens is 3. The molecule has 3 aromatic rings. The maximum Gasteiger partial charge on any atom is 0.128 e. The maximum absolute atomic E-state index is 6.26. The molecule has 7 heteroatoms. The van der Waals surface area contributed by atoms with Gasteiger partial charge in [-0.2, -0.15) is 5.10 Å².